The number of aryl methyl sites for hydroxylation is 1. The number of para-hydroxylation sites is 2. The van der Waals surface area contributed by atoms with E-state index in [2.05, 4.69) is 5.32 Å². The molecule has 1 fully saturated rings. The highest BCUT2D eigenvalue weighted by Crippen LogP contribution is 2.13. The Morgan fingerprint density at radius 2 is 2.04 bits per heavy atom. The number of nitrogens with one attached hydrogen (secondary N) is 1. The van der Waals surface area contributed by atoms with Crippen molar-refractivity contribution in [2.75, 3.05) is 19.8 Å². The van der Waals surface area contributed by atoms with E-state index in [1.165, 1.54) is 0 Å². The predicted octanol–water partition coefficient (Wildman–Crippen LogP) is 1.37. The summed E-state index contributed by atoms with van der Waals surface area (Å²) in [6, 6.07) is 7.62. The molecule has 1 aromatic heterocycles. The van der Waals surface area contributed by atoms with E-state index < -0.39 is 0 Å². The number of amides is 1. The number of fused-ring (bicyclic) bond motifs is 1. The van der Waals surface area contributed by atoms with Crippen molar-refractivity contribution >= 4 is 16.9 Å². The Balaban J connectivity index is 1.77. The minimum atomic E-state index is -0.126. The maximum atomic E-state index is 12.6. The van der Waals surface area contributed by atoms with Crippen molar-refractivity contribution in [3.05, 3.63) is 34.7 Å². The average molecular weight is 317 g/mol. The van der Waals surface area contributed by atoms with Gasteiger partial charge in [0.05, 0.1) is 17.6 Å². The number of nitrogens with zero attached hydrogens (tertiary/aromatic N) is 2. The first-order chi connectivity index (χ1) is 11.2. The Morgan fingerprint density at radius 3 is 2.70 bits per heavy atom. The lowest BCUT2D eigenvalue weighted by Gasteiger charge is -2.09. The van der Waals surface area contributed by atoms with Gasteiger partial charge >= 0.3 is 5.69 Å². The number of carbonyl (C=O) groups excluding carboxylic acids is 1. The van der Waals surface area contributed by atoms with Gasteiger partial charge in [-0.25, -0.2) is 4.79 Å². The van der Waals surface area contributed by atoms with Crippen LogP contribution >= 0.6 is 0 Å². The molecule has 0 aliphatic carbocycles. The summed E-state index contributed by atoms with van der Waals surface area (Å²) in [5.41, 5.74) is 1.58. The Morgan fingerprint density at radius 1 is 1.30 bits per heavy atom. The van der Waals surface area contributed by atoms with E-state index in [0.717, 1.165) is 30.5 Å². The topological polar surface area (TPSA) is 65.3 Å². The Hall–Kier alpha value is -2.08. The van der Waals surface area contributed by atoms with E-state index >= 15 is 0 Å². The second-order valence-electron chi connectivity index (χ2n) is 6.04. The SMILES string of the molecule is CCCn1c(=O)n(CC(=O)NC[C@H]2CCOC2)c2ccccc21. The first-order valence-electron chi connectivity index (χ1n) is 8.23. The number of hydrogen-bond acceptors (Lipinski definition) is 3. The molecular formula is C17H23N3O3. The van der Waals surface area contributed by atoms with Gasteiger partial charge in [-0.05, 0) is 25.0 Å². The Labute approximate surface area is 135 Å². The fourth-order valence-electron chi connectivity index (χ4n) is 3.07. The van der Waals surface area contributed by atoms with Crippen LogP contribution in [0.3, 0.4) is 0 Å². The third kappa shape index (κ3) is 3.32. The molecule has 1 aliphatic rings. The van der Waals surface area contributed by atoms with E-state index in [1.54, 1.807) is 9.13 Å². The first-order valence-corrected chi connectivity index (χ1v) is 8.23. The van der Waals surface area contributed by atoms with Gasteiger partial charge < -0.3 is 10.1 Å². The van der Waals surface area contributed by atoms with Gasteiger partial charge in [0.15, 0.2) is 0 Å². The number of ether oxygens (including phenoxy) is 1. The van der Waals surface area contributed by atoms with Crippen LogP contribution in [0.15, 0.2) is 29.1 Å². The summed E-state index contributed by atoms with van der Waals surface area (Å²) >= 11 is 0. The number of aromatic nitrogens is 2. The van der Waals surface area contributed by atoms with E-state index in [0.29, 0.717) is 25.6 Å². The smallest absolute Gasteiger partial charge is 0.329 e. The van der Waals surface area contributed by atoms with Gasteiger partial charge in [0.25, 0.3) is 0 Å². The van der Waals surface area contributed by atoms with Crippen LogP contribution in [0.2, 0.25) is 0 Å². The summed E-state index contributed by atoms with van der Waals surface area (Å²) in [5, 5.41) is 2.92. The summed E-state index contributed by atoms with van der Waals surface area (Å²) in [5.74, 6) is 0.260. The molecule has 2 heterocycles. The van der Waals surface area contributed by atoms with Crippen molar-refractivity contribution in [3.8, 4) is 0 Å². The molecule has 124 valence electrons. The molecule has 1 aliphatic heterocycles. The van der Waals surface area contributed by atoms with Gasteiger partial charge in [0.2, 0.25) is 5.91 Å². The van der Waals surface area contributed by atoms with Crippen molar-refractivity contribution in [1.29, 1.82) is 0 Å². The van der Waals surface area contributed by atoms with Crippen LogP contribution in [0.4, 0.5) is 0 Å². The van der Waals surface area contributed by atoms with Crippen LogP contribution in [0.1, 0.15) is 19.8 Å². The van der Waals surface area contributed by atoms with Crippen LogP contribution in [-0.4, -0.2) is 34.8 Å². The number of carbonyl (C=O) groups is 1. The second kappa shape index (κ2) is 7.00. The third-order valence-electron chi connectivity index (χ3n) is 4.29. The van der Waals surface area contributed by atoms with Crippen molar-refractivity contribution in [2.24, 2.45) is 5.92 Å². The summed E-state index contributed by atoms with van der Waals surface area (Å²) < 4.78 is 8.61. The molecule has 0 saturated carbocycles. The molecule has 2 aromatic rings. The van der Waals surface area contributed by atoms with Gasteiger partial charge in [-0.2, -0.15) is 0 Å². The minimum absolute atomic E-state index is 0.0592. The van der Waals surface area contributed by atoms with Crippen molar-refractivity contribution < 1.29 is 9.53 Å². The molecule has 1 aromatic carbocycles. The predicted molar refractivity (Wildman–Crippen MR) is 88.4 cm³/mol. The summed E-state index contributed by atoms with van der Waals surface area (Å²) in [6.45, 7) is 4.84. The zero-order valence-electron chi connectivity index (χ0n) is 13.5. The summed E-state index contributed by atoms with van der Waals surface area (Å²) in [4.78, 5) is 24.8. The van der Waals surface area contributed by atoms with E-state index in [9.17, 15) is 9.59 Å². The quantitative estimate of drug-likeness (QED) is 0.875. The molecule has 1 saturated heterocycles. The molecule has 3 rings (SSSR count). The van der Waals surface area contributed by atoms with Crippen molar-refractivity contribution in [1.82, 2.24) is 14.5 Å². The van der Waals surface area contributed by atoms with E-state index in [4.69, 9.17) is 4.74 Å². The van der Waals surface area contributed by atoms with Gasteiger partial charge in [-0.3, -0.25) is 13.9 Å². The molecule has 1 atom stereocenters. The first kappa shape index (κ1) is 15.8. The molecule has 0 spiro atoms. The lowest BCUT2D eigenvalue weighted by molar-refractivity contribution is -0.121. The molecule has 1 amide bonds. The zero-order valence-corrected chi connectivity index (χ0v) is 13.5. The number of imidazole rings is 1. The molecular weight excluding hydrogens is 294 g/mol. The number of hydrogen-bond donors (Lipinski definition) is 1. The summed E-state index contributed by atoms with van der Waals surface area (Å²) in [7, 11) is 0. The molecule has 0 radical (unpaired) electrons. The third-order valence-corrected chi connectivity index (χ3v) is 4.29. The molecule has 6 heteroatoms. The lowest BCUT2D eigenvalue weighted by atomic mass is 10.1. The maximum Gasteiger partial charge on any atom is 0.329 e. The number of benzene rings is 1. The van der Waals surface area contributed by atoms with E-state index in [-0.39, 0.29) is 18.1 Å². The van der Waals surface area contributed by atoms with Gasteiger partial charge in [0.1, 0.15) is 6.54 Å². The average Bonchev–Trinajstić information content (AvgIpc) is 3.16. The van der Waals surface area contributed by atoms with Gasteiger partial charge in [0, 0.05) is 25.6 Å². The van der Waals surface area contributed by atoms with Crippen LogP contribution in [0.5, 0.6) is 0 Å². The molecule has 0 unspecified atom stereocenters. The summed E-state index contributed by atoms with van der Waals surface area (Å²) in [6.07, 6.45) is 1.86. The largest absolute Gasteiger partial charge is 0.381 e. The monoisotopic (exact) mass is 317 g/mol. The highest BCUT2D eigenvalue weighted by Gasteiger charge is 2.18. The van der Waals surface area contributed by atoms with Crippen LogP contribution in [-0.2, 0) is 22.6 Å². The Kier molecular flexibility index (Phi) is 4.81. The molecule has 0 bridgehead atoms. The normalized spacial score (nSPS) is 17.7. The highest BCUT2D eigenvalue weighted by atomic mass is 16.5. The highest BCUT2D eigenvalue weighted by molar-refractivity contribution is 5.80. The van der Waals surface area contributed by atoms with Crippen molar-refractivity contribution in [3.63, 3.8) is 0 Å². The second-order valence-corrected chi connectivity index (χ2v) is 6.04. The zero-order chi connectivity index (χ0) is 16.2. The fourth-order valence-corrected chi connectivity index (χ4v) is 3.07. The lowest BCUT2D eigenvalue weighted by Crippen LogP contribution is -2.35. The van der Waals surface area contributed by atoms with Gasteiger partial charge in [-0.1, -0.05) is 19.1 Å². The van der Waals surface area contributed by atoms with Crippen LogP contribution < -0.4 is 11.0 Å². The number of rotatable bonds is 6. The standard InChI is InChI=1S/C17H23N3O3/c1-2-8-19-14-5-3-4-6-15(14)20(17(19)22)11-16(21)18-10-13-7-9-23-12-13/h3-6,13H,2,7-12H2,1H3,(H,18,21)/t13-/m1/s1. The van der Waals surface area contributed by atoms with Crippen LogP contribution in [0.25, 0.3) is 11.0 Å². The maximum absolute atomic E-state index is 12.6. The fraction of sp³-hybridized carbons (Fsp3) is 0.529. The molecule has 23 heavy (non-hydrogen) atoms. The minimum Gasteiger partial charge on any atom is -0.381 e. The van der Waals surface area contributed by atoms with Crippen molar-refractivity contribution in [2.45, 2.75) is 32.9 Å². The Bertz CT molecular complexity index is 741. The molecule has 1 N–H and O–H groups in total. The van der Waals surface area contributed by atoms with Crippen LogP contribution in [0, 0.1) is 5.92 Å². The molecule has 6 nitrogen and oxygen atoms in total. The van der Waals surface area contributed by atoms with Gasteiger partial charge in [-0.15, -0.1) is 0 Å². The van der Waals surface area contributed by atoms with E-state index in [1.807, 2.05) is 31.2 Å².